The van der Waals surface area contributed by atoms with Gasteiger partial charge in [0.2, 0.25) is 0 Å². The fraction of sp³-hybridized carbons (Fsp3) is 0.118. The molecular formula is C17H12F2N2O5. The third kappa shape index (κ3) is 4.24. The normalized spacial score (nSPS) is 10.1. The standard InChI is InChI=1S/C17H12F2N2O5/c1-3-10-5-4-6-11(7-10)20-16(22)12-8-14(25-2)15(26-17(18)19)9-13(12)21(23)24/h1,4-9,17H,2H3,(H,20,22). The minimum absolute atomic E-state index is 0.251. The number of alkyl halides is 2. The number of nitro benzene ring substituents is 1. The summed E-state index contributed by atoms with van der Waals surface area (Å²) in [5.74, 6) is 0.740. The van der Waals surface area contributed by atoms with Gasteiger partial charge in [0.15, 0.2) is 11.5 Å². The molecule has 2 rings (SSSR count). The molecule has 9 heteroatoms. The minimum Gasteiger partial charge on any atom is -0.493 e. The van der Waals surface area contributed by atoms with Crippen molar-refractivity contribution in [2.75, 3.05) is 12.4 Å². The molecular weight excluding hydrogens is 350 g/mol. The van der Waals surface area contributed by atoms with Crippen LogP contribution in [0.2, 0.25) is 0 Å². The molecule has 1 amide bonds. The van der Waals surface area contributed by atoms with Crippen molar-refractivity contribution < 1.29 is 28.0 Å². The van der Waals surface area contributed by atoms with Gasteiger partial charge >= 0.3 is 6.61 Å². The highest BCUT2D eigenvalue weighted by atomic mass is 19.3. The van der Waals surface area contributed by atoms with Crippen LogP contribution in [0, 0.1) is 22.5 Å². The lowest BCUT2D eigenvalue weighted by Gasteiger charge is -2.12. The molecule has 0 aliphatic heterocycles. The molecule has 0 saturated carbocycles. The first kappa shape index (κ1) is 18.7. The Morgan fingerprint density at radius 3 is 2.62 bits per heavy atom. The molecule has 0 spiro atoms. The van der Waals surface area contributed by atoms with Crippen LogP contribution in [0.1, 0.15) is 15.9 Å². The molecule has 0 heterocycles. The van der Waals surface area contributed by atoms with Crippen molar-refractivity contribution in [2.45, 2.75) is 6.61 Å². The summed E-state index contributed by atoms with van der Waals surface area (Å²) < 4.78 is 34.0. The van der Waals surface area contributed by atoms with Crippen molar-refractivity contribution >= 4 is 17.3 Å². The molecule has 0 aliphatic carbocycles. The number of ether oxygens (including phenoxy) is 2. The van der Waals surface area contributed by atoms with Gasteiger partial charge < -0.3 is 14.8 Å². The summed E-state index contributed by atoms with van der Waals surface area (Å²) in [6, 6.07) is 7.93. The lowest BCUT2D eigenvalue weighted by Crippen LogP contribution is -2.15. The predicted molar refractivity (Wildman–Crippen MR) is 88.6 cm³/mol. The number of anilines is 1. The molecule has 0 aromatic heterocycles. The van der Waals surface area contributed by atoms with Crippen LogP contribution in [0.15, 0.2) is 36.4 Å². The van der Waals surface area contributed by atoms with Gasteiger partial charge in [-0.15, -0.1) is 6.42 Å². The van der Waals surface area contributed by atoms with Crippen LogP contribution in [0.3, 0.4) is 0 Å². The zero-order valence-electron chi connectivity index (χ0n) is 13.4. The lowest BCUT2D eigenvalue weighted by atomic mass is 10.1. The Morgan fingerprint density at radius 1 is 1.31 bits per heavy atom. The highest BCUT2D eigenvalue weighted by molar-refractivity contribution is 6.07. The summed E-state index contributed by atoms with van der Waals surface area (Å²) in [6.45, 7) is -3.21. The van der Waals surface area contributed by atoms with E-state index in [-0.39, 0.29) is 11.3 Å². The van der Waals surface area contributed by atoms with Crippen LogP contribution >= 0.6 is 0 Å². The van der Waals surface area contributed by atoms with E-state index in [0.717, 1.165) is 13.2 Å². The van der Waals surface area contributed by atoms with Crippen molar-refractivity contribution in [3.63, 3.8) is 0 Å². The third-order valence-corrected chi connectivity index (χ3v) is 3.23. The van der Waals surface area contributed by atoms with Crippen molar-refractivity contribution in [1.82, 2.24) is 0 Å². The van der Waals surface area contributed by atoms with E-state index in [0.29, 0.717) is 17.3 Å². The molecule has 2 aromatic rings. The van der Waals surface area contributed by atoms with Crippen LogP contribution < -0.4 is 14.8 Å². The number of terminal acetylenes is 1. The topological polar surface area (TPSA) is 90.7 Å². The maximum atomic E-state index is 12.4. The van der Waals surface area contributed by atoms with Crippen LogP contribution in [0.25, 0.3) is 0 Å². The van der Waals surface area contributed by atoms with E-state index in [9.17, 15) is 23.7 Å². The molecule has 134 valence electrons. The number of hydrogen-bond donors (Lipinski definition) is 1. The van der Waals surface area contributed by atoms with Gasteiger partial charge in [-0.05, 0) is 18.2 Å². The number of rotatable bonds is 6. The van der Waals surface area contributed by atoms with Gasteiger partial charge in [-0.1, -0.05) is 12.0 Å². The number of nitrogens with zero attached hydrogens (tertiary/aromatic N) is 1. The number of hydrogen-bond acceptors (Lipinski definition) is 5. The van der Waals surface area contributed by atoms with Crippen LogP contribution in [-0.4, -0.2) is 24.6 Å². The monoisotopic (exact) mass is 362 g/mol. The van der Waals surface area contributed by atoms with E-state index in [1.165, 1.54) is 12.1 Å². The Balaban J connectivity index is 2.44. The zero-order valence-corrected chi connectivity index (χ0v) is 13.4. The summed E-state index contributed by atoms with van der Waals surface area (Å²) in [7, 11) is 1.15. The average molecular weight is 362 g/mol. The largest absolute Gasteiger partial charge is 0.493 e. The number of methoxy groups -OCH3 is 1. The molecule has 0 fully saturated rings. The Labute approximate surface area is 146 Å². The fourth-order valence-corrected chi connectivity index (χ4v) is 2.11. The molecule has 7 nitrogen and oxygen atoms in total. The summed E-state index contributed by atoms with van der Waals surface area (Å²) in [5, 5.41) is 13.7. The molecule has 0 bridgehead atoms. The average Bonchev–Trinajstić information content (AvgIpc) is 2.60. The Kier molecular flexibility index (Phi) is 5.70. The van der Waals surface area contributed by atoms with E-state index < -0.39 is 28.9 Å². The third-order valence-electron chi connectivity index (χ3n) is 3.23. The van der Waals surface area contributed by atoms with Crippen molar-refractivity contribution in [2.24, 2.45) is 0 Å². The maximum absolute atomic E-state index is 12.4. The van der Waals surface area contributed by atoms with Crippen molar-refractivity contribution in [3.05, 3.63) is 57.6 Å². The number of carbonyl (C=O) groups is 1. The molecule has 26 heavy (non-hydrogen) atoms. The molecule has 2 aromatic carbocycles. The lowest BCUT2D eigenvalue weighted by molar-refractivity contribution is -0.385. The van der Waals surface area contributed by atoms with E-state index in [1.807, 2.05) is 0 Å². The Bertz CT molecular complexity index is 893. The Hall–Kier alpha value is -3.67. The summed E-state index contributed by atoms with van der Waals surface area (Å²) >= 11 is 0. The smallest absolute Gasteiger partial charge is 0.387 e. The van der Waals surface area contributed by atoms with Gasteiger partial charge in [0, 0.05) is 17.3 Å². The van der Waals surface area contributed by atoms with Crippen LogP contribution in [0.4, 0.5) is 20.2 Å². The van der Waals surface area contributed by atoms with Gasteiger partial charge in [0.05, 0.1) is 18.1 Å². The SMILES string of the molecule is C#Cc1cccc(NC(=O)c2cc(OC)c(OC(F)F)cc2[N+](=O)[O-])c1. The molecule has 0 unspecified atom stereocenters. The van der Waals surface area contributed by atoms with Gasteiger partial charge in [-0.3, -0.25) is 14.9 Å². The highest BCUT2D eigenvalue weighted by Gasteiger charge is 2.26. The van der Waals surface area contributed by atoms with Gasteiger partial charge in [0.25, 0.3) is 11.6 Å². The van der Waals surface area contributed by atoms with Gasteiger partial charge in [-0.2, -0.15) is 8.78 Å². The van der Waals surface area contributed by atoms with E-state index >= 15 is 0 Å². The fourth-order valence-electron chi connectivity index (χ4n) is 2.11. The van der Waals surface area contributed by atoms with Crippen molar-refractivity contribution in [3.8, 4) is 23.8 Å². The summed E-state index contributed by atoms with van der Waals surface area (Å²) in [5.41, 5.74) is -0.297. The van der Waals surface area contributed by atoms with Crippen LogP contribution in [0.5, 0.6) is 11.5 Å². The quantitative estimate of drug-likeness (QED) is 0.483. The van der Waals surface area contributed by atoms with Gasteiger partial charge in [-0.25, -0.2) is 0 Å². The molecule has 0 aliphatic rings. The first-order valence-corrected chi connectivity index (χ1v) is 7.05. The van der Waals surface area contributed by atoms with Gasteiger partial charge in [0.1, 0.15) is 5.56 Å². The highest BCUT2D eigenvalue weighted by Crippen LogP contribution is 2.36. The second kappa shape index (κ2) is 7.94. The molecule has 0 radical (unpaired) electrons. The van der Waals surface area contributed by atoms with E-state index in [4.69, 9.17) is 11.2 Å². The summed E-state index contributed by atoms with van der Waals surface area (Å²) in [4.78, 5) is 22.8. The predicted octanol–water partition coefficient (Wildman–Crippen LogP) is 3.44. The number of carbonyl (C=O) groups excluding carboxylic acids is 1. The molecule has 0 atom stereocenters. The number of nitrogens with one attached hydrogen (secondary N) is 1. The molecule has 1 N–H and O–H groups in total. The second-order valence-electron chi connectivity index (χ2n) is 4.84. The number of halogens is 2. The van der Waals surface area contributed by atoms with E-state index in [2.05, 4.69) is 16.0 Å². The minimum atomic E-state index is -3.21. The van der Waals surface area contributed by atoms with Crippen LogP contribution in [-0.2, 0) is 0 Å². The number of benzene rings is 2. The van der Waals surface area contributed by atoms with Crippen molar-refractivity contribution in [1.29, 1.82) is 0 Å². The first-order chi connectivity index (χ1) is 12.3. The first-order valence-electron chi connectivity index (χ1n) is 7.05. The number of amides is 1. The Morgan fingerprint density at radius 2 is 2.04 bits per heavy atom. The zero-order chi connectivity index (χ0) is 19.3. The number of nitro groups is 1. The van der Waals surface area contributed by atoms with E-state index in [1.54, 1.807) is 12.1 Å². The second-order valence-corrected chi connectivity index (χ2v) is 4.84. The molecule has 0 saturated heterocycles. The summed E-state index contributed by atoms with van der Waals surface area (Å²) in [6.07, 6.45) is 5.28. The maximum Gasteiger partial charge on any atom is 0.387 e.